The Kier molecular flexibility index (Phi) is 5.71. The molecular weight excluding hydrogens is 376 g/mol. The van der Waals surface area contributed by atoms with Crippen LogP contribution in [0.5, 0.6) is 0 Å². The molecular formula is C19H20F4N4O. The molecule has 2 aromatic rings. The summed E-state index contributed by atoms with van der Waals surface area (Å²) < 4.78 is 51.9. The number of amides is 2. The molecule has 0 spiro atoms. The smallest absolute Gasteiger partial charge is 0.350 e. The van der Waals surface area contributed by atoms with Gasteiger partial charge in [-0.25, -0.2) is 14.2 Å². The summed E-state index contributed by atoms with van der Waals surface area (Å²) in [5, 5.41) is 2.63. The summed E-state index contributed by atoms with van der Waals surface area (Å²) in [6.45, 7) is 3.10. The molecule has 0 saturated carbocycles. The zero-order valence-corrected chi connectivity index (χ0v) is 15.2. The Morgan fingerprint density at radius 2 is 1.93 bits per heavy atom. The molecule has 0 radical (unpaired) electrons. The van der Waals surface area contributed by atoms with Crippen molar-refractivity contribution in [2.45, 2.75) is 25.6 Å². The molecule has 1 fully saturated rings. The van der Waals surface area contributed by atoms with Crippen LogP contribution in [0.3, 0.4) is 0 Å². The number of nitrogens with one attached hydrogen (secondary N) is 1. The molecule has 2 heterocycles. The van der Waals surface area contributed by atoms with E-state index < -0.39 is 23.6 Å². The van der Waals surface area contributed by atoms with Crippen LogP contribution in [0.2, 0.25) is 0 Å². The van der Waals surface area contributed by atoms with Crippen molar-refractivity contribution in [2.75, 3.05) is 29.9 Å². The van der Waals surface area contributed by atoms with E-state index in [1.54, 1.807) is 9.80 Å². The molecule has 1 aliphatic heterocycles. The van der Waals surface area contributed by atoms with E-state index in [-0.39, 0.29) is 17.5 Å². The van der Waals surface area contributed by atoms with E-state index >= 15 is 0 Å². The molecule has 1 atom stereocenters. The molecule has 1 N–H and O–H groups in total. The average molecular weight is 396 g/mol. The normalized spacial score (nSPS) is 17.5. The van der Waals surface area contributed by atoms with Crippen molar-refractivity contribution in [2.24, 2.45) is 0 Å². The fourth-order valence-corrected chi connectivity index (χ4v) is 3.21. The van der Waals surface area contributed by atoms with Crippen LogP contribution in [0.25, 0.3) is 0 Å². The van der Waals surface area contributed by atoms with Crippen molar-refractivity contribution in [3.63, 3.8) is 0 Å². The number of benzene rings is 1. The minimum absolute atomic E-state index is 0.176. The Labute approximate surface area is 160 Å². The summed E-state index contributed by atoms with van der Waals surface area (Å²) in [5.74, 6) is -0.163. The minimum Gasteiger partial charge on any atom is -0.350 e. The number of anilines is 2. The van der Waals surface area contributed by atoms with Gasteiger partial charge in [0.1, 0.15) is 0 Å². The molecule has 1 saturated heterocycles. The molecule has 1 unspecified atom stereocenters. The second-order valence-corrected chi connectivity index (χ2v) is 6.52. The maximum atomic E-state index is 14.0. The van der Waals surface area contributed by atoms with Gasteiger partial charge in [0.15, 0.2) is 11.6 Å². The van der Waals surface area contributed by atoms with Crippen molar-refractivity contribution in [3.8, 4) is 0 Å². The highest BCUT2D eigenvalue weighted by Gasteiger charge is 2.32. The molecule has 9 heteroatoms. The van der Waals surface area contributed by atoms with Gasteiger partial charge in [-0.2, -0.15) is 13.2 Å². The molecule has 1 aliphatic rings. The number of nitrogens with zero attached hydrogens (tertiary/aromatic N) is 3. The van der Waals surface area contributed by atoms with Crippen LogP contribution in [0.15, 0.2) is 42.6 Å². The number of alkyl halides is 3. The summed E-state index contributed by atoms with van der Waals surface area (Å²) in [5.41, 5.74) is -0.492. The van der Waals surface area contributed by atoms with Gasteiger partial charge in [0, 0.05) is 31.5 Å². The summed E-state index contributed by atoms with van der Waals surface area (Å²) in [4.78, 5) is 20.1. The van der Waals surface area contributed by atoms with Gasteiger partial charge in [0.2, 0.25) is 0 Å². The number of rotatable bonds is 3. The number of piperazine rings is 1. The molecule has 1 aromatic heterocycles. The lowest BCUT2D eigenvalue weighted by Gasteiger charge is -2.41. The number of carbonyl (C=O) groups excluding carboxylic acids is 1. The van der Waals surface area contributed by atoms with E-state index in [1.807, 2.05) is 6.92 Å². The SMILES string of the molecule is CCC1CN(c2ncccc2F)CCN1C(=O)Nc1ccc(C(F)(F)F)cc1. The van der Waals surface area contributed by atoms with Gasteiger partial charge in [-0.3, -0.25) is 0 Å². The fourth-order valence-electron chi connectivity index (χ4n) is 3.21. The first-order valence-electron chi connectivity index (χ1n) is 8.90. The molecule has 1 aromatic carbocycles. The third-order valence-electron chi connectivity index (χ3n) is 4.72. The van der Waals surface area contributed by atoms with Crippen LogP contribution in [-0.4, -0.2) is 41.6 Å². The molecule has 5 nitrogen and oxygen atoms in total. The molecule has 0 bridgehead atoms. The Morgan fingerprint density at radius 1 is 1.21 bits per heavy atom. The van der Waals surface area contributed by atoms with Gasteiger partial charge >= 0.3 is 12.2 Å². The van der Waals surface area contributed by atoms with E-state index in [0.717, 1.165) is 12.1 Å². The second-order valence-electron chi connectivity index (χ2n) is 6.52. The maximum absolute atomic E-state index is 14.0. The van der Waals surface area contributed by atoms with Crippen LogP contribution in [-0.2, 0) is 6.18 Å². The molecule has 150 valence electrons. The van der Waals surface area contributed by atoms with Crippen LogP contribution < -0.4 is 10.2 Å². The van der Waals surface area contributed by atoms with Crippen molar-refractivity contribution in [1.29, 1.82) is 0 Å². The number of halogens is 4. The Hall–Kier alpha value is -2.84. The summed E-state index contributed by atoms with van der Waals surface area (Å²) >= 11 is 0. The van der Waals surface area contributed by atoms with Crippen LogP contribution in [0, 0.1) is 5.82 Å². The van der Waals surface area contributed by atoms with Gasteiger partial charge in [-0.15, -0.1) is 0 Å². The number of hydrogen-bond donors (Lipinski definition) is 1. The standard InChI is InChI=1S/C19H20F4N4O/c1-2-15-12-26(17-16(20)4-3-9-24-17)10-11-27(15)18(28)25-14-7-5-13(6-8-14)19(21,22)23/h3-9,15H,2,10-12H2,1H3,(H,25,28). The van der Waals surface area contributed by atoms with Crippen LogP contribution in [0.1, 0.15) is 18.9 Å². The second kappa shape index (κ2) is 8.04. The lowest BCUT2D eigenvalue weighted by molar-refractivity contribution is -0.137. The van der Waals surface area contributed by atoms with Gasteiger partial charge < -0.3 is 15.1 Å². The zero-order chi connectivity index (χ0) is 20.3. The summed E-state index contributed by atoms with van der Waals surface area (Å²) in [6.07, 6.45) is -2.26. The number of hydrogen-bond acceptors (Lipinski definition) is 3. The van der Waals surface area contributed by atoms with E-state index in [4.69, 9.17) is 0 Å². The van der Waals surface area contributed by atoms with Gasteiger partial charge in [-0.05, 0) is 42.8 Å². The minimum atomic E-state index is -4.42. The number of pyridine rings is 1. The number of urea groups is 1. The summed E-state index contributed by atoms with van der Waals surface area (Å²) in [7, 11) is 0. The maximum Gasteiger partial charge on any atom is 0.416 e. The largest absolute Gasteiger partial charge is 0.416 e. The zero-order valence-electron chi connectivity index (χ0n) is 15.2. The number of carbonyl (C=O) groups is 1. The van der Waals surface area contributed by atoms with E-state index in [9.17, 15) is 22.4 Å². The Morgan fingerprint density at radius 3 is 2.54 bits per heavy atom. The first-order valence-corrected chi connectivity index (χ1v) is 8.90. The first kappa shape index (κ1) is 19.9. The third-order valence-corrected chi connectivity index (χ3v) is 4.72. The highest BCUT2D eigenvalue weighted by molar-refractivity contribution is 5.89. The van der Waals surface area contributed by atoms with E-state index in [2.05, 4.69) is 10.3 Å². The van der Waals surface area contributed by atoms with E-state index in [0.29, 0.717) is 26.1 Å². The Bertz CT molecular complexity index is 825. The predicted octanol–water partition coefficient (Wildman–Crippen LogP) is 4.37. The van der Waals surface area contributed by atoms with Crippen LogP contribution in [0.4, 0.5) is 33.9 Å². The Balaban J connectivity index is 1.66. The molecule has 28 heavy (non-hydrogen) atoms. The van der Waals surface area contributed by atoms with Gasteiger partial charge in [0.05, 0.1) is 11.6 Å². The monoisotopic (exact) mass is 396 g/mol. The van der Waals surface area contributed by atoms with Crippen molar-refractivity contribution in [3.05, 3.63) is 54.0 Å². The summed E-state index contributed by atoms with van der Waals surface area (Å²) in [6, 6.07) is 6.58. The molecule has 0 aliphatic carbocycles. The third kappa shape index (κ3) is 4.35. The first-order chi connectivity index (χ1) is 13.3. The highest BCUT2D eigenvalue weighted by Crippen LogP contribution is 2.30. The topological polar surface area (TPSA) is 48.5 Å². The van der Waals surface area contributed by atoms with Crippen molar-refractivity contribution < 1.29 is 22.4 Å². The molecule has 3 rings (SSSR count). The fraction of sp³-hybridized carbons (Fsp3) is 0.368. The quantitative estimate of drug-likeness (QED) is 0.784. The highest BCUT2D eigenvalue weighted by atomic mass is 19.4. The number of aromatic nitrogens is 1. The van der Waals surface area contributed by atoms with Gasteiger partial charge in [-0.1, -0.05) is 6.92 Å². The predicted molar refractivity (Wildman–Crippen MR) is 97.7 cm³/mol. The lowest BCUT2D eigenvalue weighted by Crippen LogP contribution is -2.56. The van der Waals surface area contributed by atoms with Crippen molar-refractivity contribution in [1.82, 2.24) is 9.88 Å². The molecule has 2 amide bonds. The van der Waals surface area contributed by atoms with E-state index in [1.165, 1.54) is 30.5 Å². The lowest BCUT2D eigenvalue weighted by atomic mass is 10.1. The average Bonchev–Trinajstić information content (AvgIpc) is 2.67. The van der Waals surface area contributed by atoms with Crippen LogP contribution >= 0.6 is 0 Å². The van der Waals surface area contributed by atoms with Gasteiger partial charge in [0.25, 0.3) is 0 Å². The van der Waals surface area contributed by atoms with Crippen molar-refractivity contribution >= 4 is 17.5 Å².